The molecule has 0 saturated carbocycles. The van der Waals surface area contributed by atoms with Crippen LogP contribution in [0.5, 0.6) is 0 Å². The molecule has 2 aromatic carbocycles. The highest BCUT2D eigenvalue weighted by atomic mass is 32.2. The van der Waals surface area contributed by atoms with Gasteiger partial charge in [0.25, 0.3) is 10.0 Å². The van der Waals surface area contributed by atoms with Crippen molar-refractivity contribution in [2.75, 3.05) is 16.2 Å². The van der Waals surface area contributed by atoms with Crippen molar-refractivity contribution in [3.05, 3.63) is 53.6 Å². The zero-order valence-corrected chi connectivity index (χ0v) is 15.8. The maximum Gasteiger partial charge on any atom is 0.308 e. The van der Waals surface area contributed by atoms with Crippen LogP contribution in [0.2, 0.25) is 0 Å². The Morgan fingerprint density at radius 1 is 1.11 bits per heavy atom. The molecule has 27 heavy (non-hydrogen) atoms. The zero-order chi connectivity index (χ0) is 19.8. The number of amides is 1. The predicted octanol–water partition coefficient (Wildman–Crippen LogP) is 2.54. The van der Waals surface area contributed by atoms with Gasteiger partial charge in [0.15, 0.2) is 0 Å². The number of carbonyl (C=O) groups excluding carboxylic acids is 1. The number of aliphatic carboxylic acids is 1. The number of benzene rings is 2. The number of anilines is 2. The molecule has 1 saturated heterocycles. The lowest BCUT2D eigenvalue weighted by Crippen LogP contribution is -2.25. The van der Waals surface area contributed by atoms with E-state index in [2.05, 4.69) is 4.72 Å². The standard InChI is InChI=1S/C19H20N2O5S/c1-12-3-4-15(9-13(12)2)20-27(25,26)17-7-5-16(6-8-17)21-11-14(19(23)24)10-18(21)22/h3-9,14,20H,10-11H2,1-2H3,(H,23,24)/t14-/m1/s1. The number of hydrogen-bond donors (Lipinski definition) is 2. The third-order valence-electron chi connectivity index (χ3n) is 4.69. The highest BCUT2D eigenvalue weighted by Gasteiger charge is 2.35. The van der Waals surface area contributed by atoms with Crippen LogP contribution in [0.25, 0.3) is 0 Å². The molecule has 7 nitrogen and oxygen atoms in total. The van der Waals surface area contributed by atoms with E-state index in [-0.39, 0.29) is 23.8 Å². The van der Waals surface area contributed by atoms with Crippen molar-refractivity contribution in [1.82, 2.24) is 0 Å². The minimum atomic E-state index is -3.77. The Balaban J connectivity index is 1.79. The van der Waals surface area contributed by atoms with Gasteiger partial charge in [0.2, 0.25) is 5.91 Å². The minimum absolute atomic E-state index is 0.0519. The second-order valence-electron chi connectivity index (χ2n) is 6.64. The van der Waals surface area contributed by atoms with Crippen LogP contribution in [0.1, 0.15) is 17.5 Å². The lowest BCUT2D eigenvalue weighted by atomic mass is 10.1. The lowest BCUT2D eigenvalue weighted by molar-refractivity contribution is -0.141. The number of nitrogens with one attached hydrogen (secondary N) is 1. The van der Waals surface area contributed by atoms with Crippen LogP contribution in [0.15, 0.2) is 47.4 Å². The molecule has 0 aliphatic carbocycles. The zero-order valence-electron chi connectivity index (χ0n) is 15.0. The summed E-state index contributed by atoms with van der Waals surface area (Å²) in [6, 6.07) is 11.1. The first-order chi connectivity index (χ1) is 12.7. The summed E-state index contributed by atoms with van der Waals surface area (Å²) >= 11 is 0. The van der Waals surface area contributed by atoms with Gasteiger partial charge < -0.3 is 10.0 Å². The number of carbonyl (C=O) groups is 2. The molecule has 1 heterocycles. The Morgan fingerprint density at radius 3 is 2.33 bits per heavy atom. The van der Waals surface area contributed by atoms with Crippen molar-refractivity contribution < 1.29 is 23.1 Å². The van der Waals surface area contributed by atoms with Crippen molar-refractivity contribution in [3.63, 3.8) is 0 Å². The molecule has 2 aromatic rings. The summed E-state index contributed by atoms with van der Waals surface area (Å²) in [7, 11) is -3.77. The quantitative estimate of drug-likeness (QED) is 0.819. The summed E-state index contributed by atoms with van der Waals surface area (Å²) in [4.78, 5) is 24.5. The molecule has 1 fully saturated rings. The van der Waals surface area contributed by atoms with Gasteiger partial charge in [-0.3, -0.25) is 14.3 Å². The van der Waals surface area contributed by atoms with Gasteiger partial charge in [-0.05, 0) is 61.4 Å². The third kappa shape index (κ3) is 3.95. The maximum atomic E-state index is 12.6. The van der Waals surface area contributed by atoms with E-state index in [1.165, 1.54) is 29.2 Å². The van der Waals surface area contributed by atoms with E-state index in [9.17, 15) is 18.0 Å². The topological polar surface area (TPSA) is 104 Å². The van der Waals surface area contributed by atoms with E-state index in [0.717, 1.165) is 11.1 Å². The van der Waals surface area contributed by atoms with Gasteiger partial charge >= 0.3 is 5.97 Å². The summed E-state index contributed by atoms with van der Waals surface area (Å²) in [5, 5.41) is 9.06. The van der Waals surface area contributed by atoms with Gasteiger partial charge in [0.1, 0.15) is 0 Å². The first-order valence-corrected chi connectivity index (χ1v) is 9.89. The fraction of sp³-hybridized carbons (Fsp3) is 0.263. The summed E-state index contributed by atoms with van der Waals surface area (Å²) in [6.45, 7) is 3.93. The van der Waals surface area contributed by atoms with E-state index in [4.69, 9.17) is 5.11 Å². The molecule has 8 heteroatoms. The summed E-state index contributed by atoms with van der Waals surface area (Å²) in [6.07, 6.45) is -0.0519. The van der Waals surface area contributed by atoms with Gasteiger partial charge in [0, 0.05) is 24.3 Å². The molecule has 3 rings (SSSR count). The Kier molecular flexibility index (Phi) is 4.93. The highest BCUT2D eigenvalue weighted by Crippen LogP contribution is 2.27. The predicted molar refractivity (Wildman–Crippen MR) is 101 cm³/mol. The molecule has 1 amide bonds. The summed E-state index contributed by atoms with van der Waals surface area (Å²) < 4.78 is 27.7. The third-order valence-corrected chi connectivity index (χ3v) is 6.09. The van der Waals surface area contributed by atoms with Crippen LogP contribution in [0, 0.1) is 19.8 Å². The monoisotopic (exact) mass is 388 g/mol. The maximum absolute atomic E-state index is 12.6. The average Bonchev–Trinajstić information content (AvgIpc) is 3.00. The van der Waals surface area contributed by atoms with Crippen molar-refractivity contribution in [2.45, 2.75) is 25.2 Å². The second-order valence-corrected chi connectivity index (χ2v) is 8.32. The van der Waals surface area contributed by atoms with Crippen LogP contribution < -0.4 is 9.62 Å². The number of sulfonamides is 1. The van der Waals surface area contributed by atoms with Crippen molar-refractivity contribution >= 4 is 33.3 Å². The highest BCUT2D eigenvalue weighted by molar-refractivity contribution is 7.92. The first-order valence-electron chi connectivity index (χ1n) is 8.41. The molecule has 2 N–H and O–H groups in total. The molecule has 1 atom stereocenters. The first kappa shape index (κ1) is 18.9. The van der Waals surface area contributed by atoms with Gasteiger partial charge in [-0.1, -0.05) is 6.07 Å². The fourth-order valence-corrected chi connectivity index (χ4v) is 4.00. The van der Waals surface area contributed by atoms with Crippen LogP contribution in [-0.2, 0) is 19.6 Å². The molecule has 0 radical (unpaired) electrons. The largest absolute Gasteiger partial charge is 0.481 e. The van der Waals surface area contributed by atoms with E-state index in [1.807, 2.05) is 19.9 Å². The van der Waals surface area contributed by atoms with Crippen molar-refractivity contribution in [1.29, 1.82) is 0 Å². The Labute approximate surface area is 157 Å². The molecule has 1 aliphatic rings. The molecule has 142 valence electrons. The van der Waals surface area contributed by atoms with Crippen molar-refractivity contribution in [2.24, 2.45) is 5.92 Å². The SMILES string of the molecule is Cc1ccc(NS(=O)(=O)c2ccc(N3C[C@H](C(=O)O)CC3=O)cc2)cc1C. The molecule has 0 spiro atoms. The minimum Gasteiger partial charge on any atom is -0.481 e. The lowest BCUT2D eigenvalue weighted by Gasteiger charge is -2.17. The Bertz CT molecular complexity index is 999. The molecular formula is C19H20N2O5S. The smallest absolute Gasteiger partial charge is 0.308 e. The Hall–Kier alpha value is -2.87. The van der Waals surface area contributed by atoms with Crippen LogP contribution in [-0.4, -0.2) is 31.9 Å². The molecule has 1 aliphatic heterocycles. The average molecular weight is 388 g/mol. The van der Waals surface area contributed by atoms with E-state index in [1.54, 1.807) is 12.1 Å². The summed E-state index contributed by atoms with van der Waals surface area (Å²) in [5.74, 6) is -2.04. The van der Waals surface area contributed by atoms with Crippen molar-refractivity contribution in [3.8, 4) is 0 Å². The normalized spacial score (nSPS) is 17.2. The molecule has 0 bridgehead atoms. The van der Waals surface area contributed by atoms with Crippen LogP contribution >= 0.6 is 0 Å². The van der Waals surface area contributed by atoms with E-state index >= 15 is 0 Å². The number of hydrogen-bond acceptors (Lipinski definition) is 4. The van der Waals surface area contributed by atoms with Gasteiger partial charge in [-0.2, -0.15) is 0 Å². The summed E-state index contributed by atoms with van der Waals surface area (Å²) in [5.41, 5.74) is 3.00. The van der Waals surface area contributed by atoms with E-state index in [0.29, 0.717) is 11.4 Å². The van der Waals surface area contributed by atoms with Crippen LogP contribution in [0.4, 0.5) is 11.4 Å². The fourth-order valence-electron chi connectivity index (χ4n) is 2.95. The molecule has 0 unspecified atom stereocenters. The Morgan fingerprint density at radius 2 is 1.78 bits per heavy atom. The second kappa shape index (κ2) is 7.03. The number of nitrogens with zero attached hydrogens (tertiary/aromatic N) is 1. The van der Waals surface area contributed by atoms with E-state index < -0.39 is 21.9 Å². The number of carboxylic acid groups (broad SMARTS) is 1. The van der Waals surface area contributed by atoms with Gasteiger partial charge in [0.05, 0.1) is 10.8 Å². The molecular weight excluding hydrogens is 368 g/mol. The van der Waals surface area contributed by atoms with Gasteiger partial charge in [-0.25, -0.2) is 8.42 Å². The molecule has 0 aromatic heterocycles. The number of rotatable bonds is 5. The van der Waals surface area contributed by atoms with Gasteiger partial charge in [-0.15, -0.1) is 0 Å². The number of aryl methyl sites for hydroxylation is 2. The number of carboxylic acids is 1. The van der Waals surface area contributed by atoms with Crippen LogP contribution in [0.3, 0.4) is 0 Å².